The molecule has 0 amide bonds. The van der Waals surface area contributed by atoms with Crippen molar-refractivity contribution in [2.24, 2.45) is 4.99 Å². The second-order valence-corrected chi connectivity index (χ2v) is 8.03. The van der Waals surface area contributed by atoms with Gasteiger partial charge in [-0.3, -0.25) is 9.47 Å². The fourth-order valence-electron chi connectivity index (χ4n) is 4.02. The lowest BCUT2D eigenvalue weighted by atomic mass is 10.2. The molecule has 1 saturated heterocycles. The van der Waals surface area contributed by atoms with Crippen molar-refractivity contribution < 1.29 is 0 Å². The average molecular weight is 418 g/mol. The Morgan fingerprint density at radius 3 is 2.81 bits per heavy atom. The van der Waals surface area contributed by atoms with Crippen LogP contribution in [0.15, 0.2) is 72.4 Å². The molecule has 2 unspecified atom stereocenters. The highest BCUT2D eigenvalue weighted by Gasteiger charge is 2.29. The minimum Gasteiger partial charge on any atom is -0.357 e. The number of nitrogens with zero attached hydrogens (tertiary/aromatic N) is 5. The van der Waals surface area contributed by atoms with Crippen molar-refractivity contribution in [2.75, 3.05) is 13.1 Å². The van der Waals surface area contributed by atoms with E-state index in [9.17, 15) is 0 Å². The quantitative estimate of drug-likeness (QED) is 0.457. The molecule has 2 atom stereocenters. The molecule has 0 aliphatic carbocycles. The van der Waals surface area contributed by atoms with Crippen LogP contribution < -0.4 is 10.6 Å². The van der Waals surface area contributed by atoms with E-state index in [4.69, 9.17) is 4.99 Å². The van der Waals surface area contributed by atoms with Crippen molar-refractivity contribution in [2.45, 2.75) is 45.4 Å². The van der Waals surface area contributed by atoms with E-state index in [0.29, 0.717) is 18.6 Å². The topological polar surface area (TPSA) is 70.4 Å². The second-order valence-electron chi connectivity index (χ2n) is 8.03. The van der Waals surface area contributed by atoms with Gasteiger partial charge in [-0.05, 0) is 43.5 Å². The van der Waals surface area contributed by atoms with Gasteiger partial charge in [0.25, 0.3) is 0 Å². The zero-order valence-electron chi connectivity index (χ0n) is 18.3. The number of rotatable bonds is 7. The molecule has 2 aromatic heterocycles. The molecule has 1 fully saturated rings. The number of benzene rings is 1. The molecule has 0 saturated carbocycles. The maximum atomic E-state index is 4.83. The zero-order chi connectivity index (χ0) is 21.5. The van der Waals surface area contributed by atoms with Gasteiger partial charge in [-0.15, -0.1) is 0 Å². The smallest absolute Gasteiger partial charge is 0.191 e. The molecule has 0 radical (unpaired) electrons. The van der Waals surface area contributed by atoms with E-state index in [1.165, 1.54) is 5.56 Å². The Hall–Kier alpha value is -3.19. The number of hydrogen-bond acceptors (Lipinski definition) is 4. The first-order chi connectivity index (χ1) is 15.2. The Balaban J connectivity index is 1.38. The van der Waals surface area contributed by atoms with Crippen LogP contribution in [0.4, 0.5) is 0 Å². The van der Waals surface area contributed by atoms with E-state index in [1.807, 2.05) is 29.1 Å². The lowest BCUT2D eigenvalue weighted by Crippen LogP contribution is -2.44. The third-order valence-corrected chi connectivity index (χ3v) is 5.62. The normalized spacial score (nSPS) is 19.5. The number of nitrogens with one attached hydrogen (secondary N) is 2. The Labute approximate surface area is 184 Å². The molecule has 4 rings (SSSR count). The molecule has 2 N–H and O–H groups in total. The first-order valence-corrected chi connectivity index (χ1v) is 11.0. The number of aromatic nitrogens is 3. The number of pyridine rings is 1. The molecule has 31 heavy (non-hydrogen) atoms. The predicted octanol–water partition coefficient (Wildman–Crippen LogP) is 2.99. The Kier molecular flexibility index (Phi) is 6.94. The first kappa shape index (κ1) is 21.1. The summed E-state index contributed by atoms with van der Waals surface area (Å²) in [6.07, 6.45) is 8.33. The van der Waals surface area contributed by atoms with Crippen molar-refractivity contribution >= 4 is 5.96 Å². The minimum atomic E-state index is 0.385. The standard InChI is InChI=1S/C24H31N7/c1-3-26-24(28-15-21-9-10-27-23(14-21)30-12-11-25-18-30)29-22-13-19(2)31(17-22)16-20-7-5-4-6-8-20/h4-12,14,18-19,22H,3,13,15-17H2,1-2H3,(H2,26,28,29). The van der Waals surface area contributed by atoms with Gasteiger partial charge in [-0.1, -0.05) is 30.3 Å². The summed E-state index contributed by atoms with van der Waals surface area (Å²) in [7, 11) is 0. The van der Waals surface area contributed by atoms with Gasteiger partial charge in [0.15, 0.2) is 5.96 Å². The third kappa shape index (κ3) is 5.70. The van der Waals surface area contributed by atoms with Gasteiger partial charge in [-0.2, -0.15) is 0 Å². The van der Waals surface area contributed by atoms with E-state index in [0.717, 1.165) is 43.4 Å². The molecule has 1 aliphatic heterocycles. The van der Waals surface area contributed by atoms with Crippen LogP contribution in [-0.4, -0.2) is 50.6 Å². The summed E-state index contributed by atoms with van der Waals surface area (Å²) < 4.78 is 1.90. The molecular weight excluding hydrogens is 386 g/mol. The predicted molar refractivity (Wildman–Crippen MR) is 124 cm³/mol. The molecule has 162 valence electrons. The Morgan fingerprint density at radius 1 is 1.16 bits per heavy atom. The van der Waals surface area contributed by atoms with E-state index in [2.05, 4.69) is 69.7 Å². The molecular formula is C24H31N7. The molecule has 1 aromatic carbocycles. The van der Waals surface area contributed by atoms with Gasteiger partial charge in [0, 0.05) is 50.3 Å². The van der Waals surface area contributed by atoms with Gasteiger partial charge >= 0.3 is 0 Å². The van der Waals surface area contributed by atoms with E-state index >= 15 is 0 Å². The summed E-state index contributed by atoms with van der Waals surface area (Å²) in [5.41, 5.74) is 2.48. The average Bonchev–Trinajstić information content (AvgIpc) is 3.44. The van der Waals surface area contributed by atoms with Crippen LogP contribution in [0.5, 0.6) is 0 Å². The highest BCUT2D eigenvalue weighted by atomic mass is 15.3. The van der Waals surface area contributed by atoms with Crippen molar-refractivity contribution in [1.29, 1.82) is 0 Å². The lowest BCUT2D eigenvalue weighted by molar-refractivity contribution is 0.258. The van der Waals surface area contributed by atoms with Crippen LogP contribution >= 0.6 is 0 Å². The van der Waals surface area contributed by atoms with E-state index in [-0.39, 0.29) is 0 Å². The van der Waals surface area contributed by atoms with Crippen molar-refractivity contribution in [3.8, 4) is 5.82 Å². The molecule has 0 bridgehead atoms. The van der Waals surface area contributed by atoms with Gasteiger partial charge in [0.05, 0.1) is 6.54 Å². The Morgan fingerprint density at radius 2 is 2.03 bits per heavy atom. The van der Waals surface area contributed by atoms with E-state index < -0.39 is 0 Å². The summed E-state index contributed by atoms with van der Waals surface area (Å²) in [6.45, 7) is 7.83. The number of guanidine groups is 1. The SMILES string of the molecule is CCNC(=NCc1ccnc(-n2ccnc2)c1)NC1CC(C)N(Cc2ccccc2)C1. The van der Waals surface area contributed by atoms with Crippen molar-refractivity contribution in [3.63, 3.8) is 0 Å². The fourth-order valence-corrected chi connectivity index (χ4v) is 4.02. The fraction of sp³-hybridized carbons (Fsp3) is 0.375. The Bertz CT molecular complexity index is 969. The molecule has 7 heteroatoms. The minimum absolute atomic E-state index is 0.385. The highest BCUT2D eigenvalue weighted by Crippen LogP contribution is 2.20. The van der Waals surface area contributed by atoms with Crippen LogP contribution in [-0.2, 0) is 13.1 Å². The highest BCUT2D eigenvalue weighted by molar-refractivity contribution is 5.80. The lowest BCUT2D eigenvalue weighted by Gasteiger charge is -2.21. The third-order valence-electron chi connectivity index (χ3n) is 5.62. The maximum absolute atomic E-state index is 4.83. The summed E-state index contributed by atoms with van der Waals surface area (Å²) in [6, 6.07) is 15.7. The number of hydrogen-bond donors (Lipinski definition) is 2. The molecule has 7 nitrogen and oxygen atoms in total. The second kappa shape index (κ2) is 10.2. The van der Waals surface area contributed by atoms with Crippen molar-refractivity contribution in [1.82, 2.24) is 30.1 Å². The van der Waals surface area contributed by atoms with Gasteiger partial charge < -0.3 is 10.6 Å². The number of likely N-dealkylation sites (tertiary alicyclic amines) is 1. The summed E-state index contributed by atoms with van der Waals surface area (Å²) in [5.74, 6) is 1.71. The molecule has 3 heterocycles. The molecule has 1 aliphatic rings. The monoisotopic (exact) mass is 417 g/mol. The summed E-state index contributed by atoms with van der Waals surface area (Å²) in [4.78, 5) is 15.9. The van der Waals surface area contributed by atoms with Gasteiger partial charge in [0.1, 0.15) is 12.1 Å². The van der Waals surface area contributed by atoms with Crippen LogP contribution in [0, 0.1) is 0 Å². The summed E-state index contributed by atoms with van der Waals surface area (Å²) in [5, 5.41) is 7.03. The maximum Gasteiger partial charge on any atom is 0.191 e. The van der Waals surface area contributed by atoms with E-state index in [1.54, 1.807) is 12.5 Å². The molecule has 3 aromatic rings. The van der Waals surface area contributed by atoms with Crippen LogP contribution in [0.25, 0.3) is 5.82 Å². The largest absolute Gasteiger partial charge is 0.357 e. The van der Waals surface area contributed by atoms with Gasteiger partial charge in [0.2, 0.25) is 0 Å². The van der Waals surface area contributed by atoms with Crippen LogP contribution in [0.1, 0.15) is 31.4 Å². The first-order valence-electron chi connectivity index (χ1n) is 11.0. The summed E-state index contributed by atoms with van der Waals surface area (Å²) >= 11 is 0. The number of aliphatic imine (C=N–C) groups is 1. The van der Waals surface area contributed by atoms with Crippen LogP contribution in [0.3, 0.4) is 0 Å². The van der Waals surface area contributed by atoms with Crippen LogP contribution in [0.2, 0.25) is 0 Å². The number of imidazole rings is 1. The molecule has 0 spiro atoms. The van der Waals surface area contributed by atoms with Crippen molar-refractivity contribution in [3.05, 3.63) is 78.5 Å². The zero-order valence-corrected chi connectivity index (χ0v) is 18.3. The van der Waals surface area contributed by atoms with Gasteiger partial charge in [-0.25, -0.2) is 15.0 Å².